The Morgan fingerprint density at radius 1 is 1.40 bits per heavy atom. The van der Waals surface area contributed by atoms with Crippen molar-refractivity contribution in [2.24, 2.45) is 0 Å². The molecule has 0 radical (unpaired) electrons. The predicted octanol–water partition coefficient (Wildman–Crippen LogP) is 2.87. The quantitative estimate of drug-likeness (QED) is 0.590. The monoisotopic (exact) mass is 201 g/mol. The van der Waals surface area contributed by atoms with Crippen LogP contribution in [0.5, 0.6) is 0 Å². The van der Waals surface area contributed by atoms with Crippen LogP contribution in [0, 0.1) is 6.92 Å². The predicted molar refractivity (Wildman–Crippen MR) is 61.9 cm³/mol. The van der Waals surface area contributed by atoms with Crippen LogP contribution in [-0.4, -0.2) is 5.78 Å². The fraction of sp³-hybridized carbons (Fsp3) is 0.308. The molecule has 1 aromatic rings. The second-order valence-corrected chi connectivity index (χ2v) is 4.04. The molecule has 0 saturated carbocycles. The lowest BCUT2D eigenvalue weighted by atomic mass is 10.00. The minimum Gasteiger partial charge on any atom is -0.398 e. The molecule has 0 bridgehead atoms. The van der Waals surface area contributed by atoms with Gasteiger partial charge in [0.05, 0.1) is 0 Å². The zero-order valence-electron chi connectivity index (χ0n) is 8.92. The smallest absolute Gasteiger partial charge is 0.190 e. The second-order valence-electron chi connectivity index (χ2n) is 4.04. The highest BCUT2D eigenvalue weighted by molar-refractivity contribution is 6.12. The van der Waals surface area contributed by atoms with Gasteiger partial charge in [-0.1, -0.05) is 17.7 Å². The fourth-order valence-electron chi connectivity index (χ4n) is 1.92. The third kappa shape index (κ3) is 1.94. The van der Waals surface area contributed by atoms with Crippen LogP contribution in [0.3, 0.4) is 0 Å². The Balaban J connectivity index is 2.36. The molecule has 1 aromatic carbocycles. The number of hydrogen-bond acceptors (Lipinski definition) is 2. The zero-order chi connectivity index (χ0) is 10.8. The average molecular weight is 201 g/mol. The van der Waals surface area contributed by atoms with E-state index >= 15 is 0 Å². The summed E-state index contributed by atoms with van der Waals surface area (Å²) in [7, 11) is 0. The van der Waals surface area contributed by atoms with Gasteiger partial charge in [0.2, 0.25) is 0 Å². The highest BCUT2D eigenvalue weighted by Crippen LogP contribution is 2.24. The molecule has 0 fully saturated rings. The van der Waals surface area contributed by atoms with E-state index < -0.39 is 0 Å². The summed E-state index contributed by atoms with van der Waals surface area (Å²) < 4.78 is 0. The van der Waals surface area contributed by atoms with Crippen LogP contribution in [0.2, 0.25) is 0 Å². The molecule has 15 heavy (non-hydrogen) atoms. The number of rotatable bonds is 2. The summed E-state index contributed by atoms with van der Waals surface area (Å²) in [4.78, 5) is 12.1. The maximum atomic E-state index is 12.1. The van der Waals surface area contributed by atoms with Crippen LogP contribution >= 0.6 is 0 Å². The van der Waals surface area contributed by atoms with Crippen molar-refractivity contribution in [3.63, 3.8) is 0 Å². The summed E-state index contributed by atoms with van der Waals surface area (Å²) in [6, 6.07) is 5.60. The molecule has 2 rings (SSSR count). The third-order valence-corrected chi connectivity index (χ3v) is 2.79. The lowest BCUT2D eigenvalue weighted by molar-refractivity contribution is 0.103. The Labute approximate surface area is 89.8 Å². The molecule has 0 heterocycles. The minimum absolute atomic E-state index is 0.105. The van der Waals surface area contributed by atoms with Crippen molar-refractivity contribution in [2.45, 2.75) is 26.2 Å². The van der Waals surface area contributed by atoms with E-state index in [0.29, 0.717) is 11.3 Å². The van der Waals surface area contributed by atoms with E-state index in [-0.39, 0.29) is 5.78 Å². The van der Waals surface area contributed by atoms with Crippen molar-refractivity contribution in [2.75, 3.05) is 5.73 Å². The number of nitrogens with two attached hydrogens (primary N) is 1. The number of aryl methyl sites for hydroxylation is 1. The minimum atomic E-state index is 0.105. The summed E-state index contributed by atoms with van der Waals surface area (Å²) >= 11 is 0. The Morgan fingerprint density at radius 3 is 2.87 bits per heavy atom. The number of carbonyl (C=O) groups is 1. The molecule has 78 valence electrons. The maximum Gasteiger partial charge on any atom is 0.190 e. The first-order valence-electron chi connectivity index (χ1n) is 5.28. The van der Waals surface area contributed by atoms with E-state index in [2.05, 4.69) is 0 Å². The van der Waals surface area contributed by atoms with Crippen LogP contribution in [0.15, 0.2) is 29.8 Å². The molecule has 0 spiro atoms. The van der Waals surface area contributed by atoms with Gasteiger partial charge in [-0.3, -0.25) is 4.79 Å². The number of Topliss-reactive ketones (excluding diaryl/α,β-unsaturated/α-hetero) is 1. The number of anilines is 1. The normalized spacial score (nSPS) is 15.1. The molecule has 0 aliphatic heterocycles. The van der Waals surface area contributed by atoms with Crippen LogP contribution in [0.4, 0.5) is 5.69 Å². The van der Waals surface area contributed by atoms with Gasteiger partial charge in [0.25, 0.3) is 0 Å². The Bertz CT molecular complexity index is 432. The van der Waals surface area contributed by atoms with E-state index in [0.717, 1.165) is 30.4 Å². The van der Waals surface area contributed by atoms with Gasteiger partial charge in [0, 0.05) is 11.3 Å². The van der Waals surface area contributed by atoms with Crippen LogP contribution in [-0.2, 0) is 0 Å². The summed E-state index contributed by atoms with van der Waals surface area (Å²) in [5, 5.41) is 0. The van der Waals surface area contributed by atoms with Crippen molar-refractivity contribution in [3.8, 4) is 0 Å². The first-order valence-corrected chi connectivity index (χ1v) is 5.28. The van der Waals surface area contributed by atoms with Crippen molar-refractivity contribution < 1.29 is 4.79 Å². The molecule has 1 aliphatic carbocycles. The summed E-state index contributed by atoms with van der Waals surface area (Å²) in [6.07, 6.45) is 5.04. The van der Waals surface area contributed by atoms with Crippen molar-refractivity contribution >= 4 is 11.5 Å². The Hall–Kier alpha value is -1.57. The number of benzene rings is 1. The van der Waals surface area contributed by atoms with Crippen LogP contribution < -0.4 is 5.73 Å². The van der Waals surface area contributed by atoms with Gasteiger partial charge >= 0.3 is 0 Å². The van der Waals surface area contributed by atoms with Crippen LogP contribution in [0.25, 0.3) is 0 Å². The number of hydrogen-bond donors (Lipinski definition) is 1. The van der Waals surface area contributed by atoms with Gasteiger partial charge in [0.15, 0.2) is 5.78 Å². The second kappa shape index (κ2) is 3.89. The summed E-state index contributed by atoms with van der Waals surface area (Å²) in [6.45, 7) is 1.97. The first-order chi connectivity index (χ1) is 7.18. The molecule has 2 nitrogen and oxygen atoms in total. The van der Waals surface area contributed by atoms with Gasteiger partial charge < -0.3 is 5.73 Å². The van der Waals surface area contributed by atoms with Crippen molar-refractivity contribution in [3.05, 3.63) is 41.0 Å². The van der Waals surface area contributed by atoms with E-state index in [1.807, 2.05) is 25.1 Å². The lowest BCUT2D eigenvalue weighted by Gasteiger charge is -2.06. The topological polar surface area (TPSA) is 43.1 Å². The SMILES string of the molecule is Cc1ccc(N)c(C(=O)C2=CCCC2)c1. The van der Waals surface area contributed by atoms with Gasteiger partial charge in [-0.15, -0.1) is 0 Å². The van der Waals surface area contributed by atoms with Crippen LogP contribution in [0.1, 0.15) is 35.2 Å². The highest BCUT2D eigenvalue weighted by atomic mass is 16.1. The van der Waals surface area contributed by atoms with Gasteiger partial charge in [-0.25, -0.2) is 0 Å². The van der Waals surface area contributed by atoms with Crippen molar-refractivity contribution in [1.82, 2.24) is 0 Å². The molecular formula is C13H15NO. The van der Waals surface area contributed by atoms with Gasteiger partial charge in [-0.05, 0) is 43.9 Å². The Morgan fingerprint density at radius 2 is 2.20 bits per heavy atom. The molecule has 2 N–H and O–H groups in total. The molecule has 1 aliphatic rings. The van der Waals surface area contributed by atoms with E-state index in [1.54, 1.807) is 6.07 Å². The van der Waals surface area contributed by atoms with Gasteiger partial charge in [-0.2, -0.15) is 0 Å². The van der Waals surface area contributed by atoms with Gasteiger partial charge in [0.1, 0.15) is 0 Å². The molecule has 0 saturated heterocycles. The maximum absolute atomic E-state index is 12.1. The standard InChI is InChI=1S/C13H15NO/c1-9-6-7-12(14)11(8-9)13(15)10-4-2-3-5-10/h4,6-8H,2-3,5,14H2,1H3. The van der Waals surface area contributed by atoms with Crippen molar-refractivity contribution in [1.29, 1.82) is 0 Å². The highest BCUT2D eigenvalue weighted by Gasteiger charge is 2.17. The fourth-order valence-corrected chi connectivity index (χ4v) is 1.92. The number of ketones is 1. The molecule has 0 aromatic heterocycles. The van der Waals surface area contributed by atoms with E-state index in [4.69, 9.17) is 5.73 Å². The molecule has 2 heteroatoms. The summed E-state index contributed by atoms with van der Waals surface area (Å²) in [5.74, 6) is 0.105. The summed E-state index contributed by atoms with van der Waals surface area (Å²) in [5.41, 5.74) is 9.05. The Kier molecular flexibility index (Phi) is 2.58. The molecule has 0 amide bonds. The number of nitrogen functional groups attached to an aromatic ring is 1. The van der Waals surface area contributed by atoms with E-state index in [1.165, 1.54) is 0 Å². The zero-order valence-corrected chi connectivity index (χ0v) is 8.92. The third-order valence-electron chi connectivity index (χ3n) is 2.79. The molecule has 0 unspecified atom stereocenters. The number of carbonyl (C=O) groups excluding carboxylic acids is 1. The average Bonchev–Trinajstić information content (AvgIpc) is 2.74. The first kappa shape index (κ1) is 9.97. The molecule has 0 atom stereocenters. The molecular weight excluding hydrogens is 186 g/mol. The number of allylic oxidation sites excluding steroid dienone is 2. The largest absolute Gasteiger partial charge is 0.398 e. The lowest BCUT2D eigenvalue weighted by Crippen LogP contribution is -2.06. The van der Waals surface area contributed by atoms with E-state index in [9.17, 15) is 4.79 Å².